The molecule has 0 saturated heterocycles. The molecule has 1 aromatic heterocycles. The molecular weight excluding hydrogens is 250 g/mol. The standard InChI is InChI=1S/C8H13N3O3S2/c1-11(2)8(12)10-5-6-3-4-7(15-6)16(9,13)14/h3-4H,5H2,1-2H3,(H,10,12)(H2,9,13,14). The predicted molar refractivity (Wildman–Crippen MR) is 61.6 cm³/mol. The number of sulfonamides is 1. The number of hydrogen-bond donors (Lipinski definition) is 2. The summed E-state index contributed by atoms with van der Waals surface area (Å²) in [7, 11) is -0.392. The molecule has 1 heterocycles. The van der Waals surface area contributed by atoms with Gasteiger partial charge in [-0.1, -0.05) is 0 Å². The first-order chi connectivity index (χ1) is 7.30. The van der Waals surface area contributed by atoms with Gasteiger partial charge in [-0.15, -0.1) is 11.3 Å². The van der Waals surface area contributed by atoms with Gasteiger partial charge in [-0.3, -0.25) is 0 Å². The monoisotopic (exact) mass is 263 g/mol. The van der Waals surface area contributed by atoms with E-state index in [2.05, 4.69) is 5.32 Å². The molecule has 16 heavy (non-hydrogen) atoms. The van der Waals surface area contributed by atoms with Crippen LogP contribution in [-0.4, -0.2) is 33.4 Å². The number of nitrogens with two attached hydrogens (primary N) is 1. The Labute approximate surface area is 98.1 Å². The third-order valence-electron chi connectivity index (χ3n) is 1.74. The highest BCUT2D eigenvalue weighted by molar-refractivity contribution is 7.91. The van der Waals surface area contributed by atoms with Crippen LogP contribution in [-0.2, 0) is 16.6 Å². The van der Waals surface area contributed by atoms with Crippen molar-refractivity contribution in [3.05, 3.63) is 17.0 Å². The minimum atomic E-state index is -3.64. The lowest BCUT2D eigenvalue weighted by Gasteiger charge is -2.10. The van der Waals surface area contributed by atoms with Crippen molar-refractivity contribution in [1.82, 2.24) is 10.2 Å². The summed E-state index contributed by atoms with van der Waals surface area (Å²) in [5, 5.41) is 7.59. The lowest BCUT2D eigenvalue weighted by molar-refractivity contribution is 0.217. The number of carbonyl (C=O) groups is 1. The van der Waals surface area contributed by atoms with E-state index in [0.29, 0.717) is 0 Å². The Hall–Kier alpha value is -1.12. The van der Waals surface area contributed by atoms with E-state index in [-0.39, 0.29) is 16.8 Å². The van der Waals surface area contributed by atoms with E-state index in [1.807, 2.05) is 0 Å². The largest absolute Gasteiger partial charge is 0.333 e. The van der Waals surface area contributed by atoms with E-state index >= 15 is 0 Å². The average Bonchev–Trinajstić information content (AvgIpc) is 2.61. The van der Waals surface area contributed by atoms with Crippen LogP contribution in [0.2, 0.25) is 0 Å². The van der Waals surface area contributed by atoms with Crippen molar-refractivity contribution < 1.29 is 13.2 Å². The molecule has 3 N–H and O–H groups in total. The number of amides is 2. The van der Waals surface area contributed by atoms with Crippen LogP contribution < -0.4 is 10.5 Å². The molecule has 0 aliphatic carbocycles. The van der Waals surface area contributed by atoms with Crippen molar-refractivity contribution in [1.29, 1.82) is 0 Å². The van der Waals surface area contributed by atoms with Gasteiger partial charge in [0.15, 0.2) is 0 Å². The molecule has 0 saturated carbocycles. The smallest absolute Gasteiger partial charge is 0.317 e. The van der Waals surface area contributed by atoms with Crippen molar-refractivity contribution in [2.45, 2.75) is 10.8 Å². The van der Waals surface area contributed by atoms with Crippen LogP contribution in [0.3, 0.4) is 0 Å². The second-order valence-electron chi connectivity index (χ2n) is 3.32. The second-order valence-corrected chi connectivity index (χ2v) is 6.28. The first-order valence-corrected chi connectivity index (χ1v) is 6.73. The molecule has 6 nitrogen and oxygen atoms in total. The van der Waals surface area contributed by atoms with E-state index in [1.54, 1.807) is 20.2 Å². The highest BCUT2D eigenvalue weighted by atomic mass is 32.2. The van der Waals surface area contributed by atoms with Gasteiger partial charge < -0.3 is 10.2 Å². The Morgan fingerprint density at radius 3 is 2.56 bits per heavy atom. The Kier molecular flexibility index (Phi) is 3.89. The number of primary sulfonamides is 1. The average molecular weight is 263 g/mol. The third kappa shape index (κ3) is 3.47. The van der Waals surface area contributed by atoms with Crippen molar-refractivity contribution in [2.75, 3.05) is 14.1 Å². The molecule has 1 rings (SSSR count). The van der Waals surface area contributed by atoms with Crippen LogP contribution in [0, 0.1) is 0 Å². The van der Waals surface area contributed by atoms with Crippen LogP contribution in [0.25, 0.3) is 0 Å². The summed E-state index contributed by atoms with van der Waals surface area (Å²) in [5.74, 6) is 0. The second kappa shape index (κ2) is 4.81. The summed E-state index contributed by atoms with van der Waals surface area (Å²) in [4.78, 5) is 13.3. The molecule has 0 spiro atoms. The van der Waals surface area contributed by atoms with Gasteiger partial charge in [0.2, 0.25) is 10.0 Å². The Balaban J connectivity index is 2.64. The first-order valence-electron chi connectivity index (χ1n) is 4.37. The molecule has 0 aliphatic heterocycles. The van der Waals surface area contributed by atoms with Gasteiger partial charge in [-0.2, -0.15) is 0 Å². The number of nitrogens with one attached hydrogen (secondary N) is 1. The molecule has 1 aromatic rings. The fourth-order valence-corrected chi connectivity index (χ4v) is 2.65. The fraction of sp³-hybridized carbons (Fsp3) is 0.375. The first kappa shape index (κ1) is 12.9. The van der Waals surface area contributed by atoms with Gasteiger partial charge in [-0.25, -0.2) is 18.4 Å². The maximum absolute atomic E-state index is 11.2. The number of rotatable bonds is 3. The summed E-state index contributed by atoms with van der Waals surface area (Å²) in [5.41, 5.74) is 0. The van der Waals surface area contributed by atoms with Crippen LogP contribution in [0.1, 0.15) is 4.88 Å². The van der Waals surface area contributed by atoms with Crippen molar-refractivity contribution in [3.8, 4) is 0 Å². The van der Waals surface area contributed by atoms with Gasteiger partial charge >= 0.3 is 6.03 Å². The summed E-state index contributed by atoms with van der Waals surface area (Å²) in [6.45, 7) is 0.289. The Morgan fingerprint density at radius 1 is 1.50 bits per heavy atom. The molecule has 0 fully saturated rings. The number of thiophene rings is 1. The highest BCUT2D eigenvalue weighted by Gasteiger charge is 2.11. The maximum Gasteiger partial charge on any atom is 0.317 e. The summed E-state index contributed by atoms with van der Waals surface area (Å²) < 4.78 is 22.1. The fourth-order valence-electron chi connectivity index (χ4n) is 0.927. The van der Waals surface area contributed by atoms with Crippen LogP contribution in [0.15, 0.2) is 16.3 Å². The Morgan fingerprint density at radius 2 is 2.12 bits per heavy atom. The van der Waals surface area contributed by atoms with E-state index in [0.717, 1.165) is 16.2 Å². The zero-order valence-electron chi connectivity index (χ0n) is 8.93. The van der Waals surface area contributed by atoms with Crippen LogP contribution >= 0.6 is 11.3 Å². The number of carbonyl (C=O) groups excluding carboxylic acids is 1. The third-order valence-corrected chi connectivity index (χ3v) is 4.26. The van der Waals surface area contributed by atoms with Crippen molar-refractivity contribution in [3.63, 3.8) is 0 Å². The minimum absolute atomic E-state index is 0.0987. The van der Waals surface area contributed by atoms with Crippen LogP contribution in [0.5, 0.6) is 0 Å². The van der Waals surface area contributed by atoms with E-state index < -0.39 is 10.0 Å². The Bertz CT molecular complexity index is 478. The molecular formula is C8H13N3O3S2. The number of nitrogens with zero attached hydrogens (tertiary/aromatic N) is 1. The number of hydrogen-bond acceptors (Lipinski definition) is 4. The van der Waals surface area contributed by atoms with Crippen LogP contribution in [0.4, 0.5) is 4.79 Å². The predicted octanol–water partition coefficient (Wildman–Crippen LogP) is 0.167. The molecule has 0 radical (unpaired) electrons. The van der Waals surface area contributed by atoms with Gasteiger partial charge in [0.05, 0.1) is 6.54 Å². The van der Waals surface area contributed by atoms with Gasteiger partial charge in [0.1, 0.15) is 4.21 Å². The highest BCUT2D eigenvalue weighted by Crippen LogP contribution is 2.19. The quantitative estimate of drug-likeness (QED) is 0.814. The molecule has 0 atom stereocenters. The van der Waals surface area contributed by atoms with Gasteiger partial charge in [0, 0.05) is 19.0 Å². The molecule has 8 heteroatoms. The van der Waals surface area contributed by atoms with Crippen molar-refractivity contribution in [2.24, 2.45) is 5.14 Å². The van der Waals surface area contributed by atoms with Gasteiger partial charge in [0.25, 0.3) is 0 Å². The summed E-state index contributed by atoms with van der Waals surface area (Å²) in [6, 6.07) is 2.82. The number of urea groups is 1. The minimum Gasteiger partial charge on any atom is -0.333 e. The topological polar surface area (TPSA) is 92.5 Å². The van der Waals surface area contributed by atoms with E-state index in [9.17, 15) is 13.2 Å². The van der Waals surface area contributed by atoms with Crippen molar-refractivity contribution >= 4 is 27.4 Å². The zero-order chi connectivity index (χ0) is 12.3. The molecule has 0 unspecified atom stereocenters. The summed E-state index contributed by atoms with van der Waals surface area (Å²) in [6.07, 6.45) is 0. The maximum atomic E-state index is 11.2. The molecule has 90 valence electrons. The molecule has 0 aromatic carbocycles. The normalized spacial score (nSPS) is 11.2. The molecule has 0 aliphatic rings. The molecule has 0 bridgehead atoms. The van der Waals surface area contributed by atoms with Gasteiger partial charge in [-0.05, 0) is 12.1 Å². The van der Waals surface area contributed by atoms with E-state index in [4.69, 9.17) is 5.14 Å². The molecule has 2 amide bonds. The van der Waals surface area contributed by atoms with E-state index in [1.165, 1.54) is 11.0 Å². The lowest BCUT2D eigenvalue weighted by Crippen LogP contribution is -2.33. The SMILES string of the molecule is CN(C)C(=O)NCc1ccc(S(N)(=O)=O)s1. The zero-order valence-corrected chi connectivity index (χ0v) is 10.6. The lowest BCUT2D eigenvalue weighted by atomic mass is 10.5. The summed E-state index contributed by atoms with van der Waals surface area (Å²) >= 11 is 1.05.